The van der Waals surface area contributed by atoms with Crippen molar-refractivity contribution in [1.82, 2.24) is 5.32 Å². The normalized spacial score (nSPS) is 12.8. The van der Waals surface area contributed by atoms with E-state index in [9.17, 15) is 14.4 Å². The Labute approximate surface area is 94.0 Å². The fourth-order valence-electron chi connectivity index (χ4n) is 0.867. The molecular formula is C10H17NO5. The van der Waals surface area contributed by atoms with Crippen LogP contribution in [0.2, 0.25) is 0 Å². The van der Waals surface area contributed by atoms with E-state index in [4.69, 9.17) is 9.84 Å². The number of ketones is 1. The van der Waals surface area contributed by atoms with Crippen LogP contribution < -0.4 is 5.32 Å². The van der Waals surface area contributed by atoms with Crippen molar-refractivity contribution in [2.75, 3.05) is 0 Å². The minimum Gasteiger partial charge on any atom is -0.481 e. The average molecular weight is 231 g/mol. The van der Waals surface area contributed by atoms with Crippen LogP contribution >= 0.6 is 0 Å². The van der Waals surface area contributed by atoms with Gasteiger partial charge in [0.2, 0.25) is 0 Å². The third kappa shape index (κ3) is 6.80. The number of alkyl carbamates (subject to hydrolysis) is 1. The number of hydrogen-bond acceptors (Lipinski definition) is 4. The molecule has 0 aliphatic heterocycles. The van der Waals surface area contributed by atoms with Crippen LogP contribution in [0.4, 0.5) is 4.79 Å². The summed E-state index contributed by atoms with van der Waals surface area (Å²) in [5.41, 5.74) is -0.653. The molecule has 92 valence electrons. The van der Waals surface area contributed by atoms with Crippen LogP contribution in [0.1, 0.15) is 34.1 Å². The van der Waals surface area contributed by atoms with Crippen LogP contribution in [0, 0.1) is 0 Å². The minimum atomic E-state index is -1.22. The number of hydrogen-bond donors (Lipinski definition) is 2. The summed E-state index contributed by atoms with van der Waals surface area (Å²) in [6, 6.07) is -0.869. The number of carboxylic acid groups (broad SMARTS) is 1. The smallest absolute Gasteiger partial charge is 0.408 e. The molecule has 0 aromatic rings. The maximum atomic E-state index is 11.2. The molecule has 0 rings (SSSR count). The molecule has 6 nitrogen and oxygen atoms in total. The molecule has 0 aliphatic rings. The van der Waals surface area contributed by atoms with Crippen molar-refractivity contribution in [2.45, 2.75) is 45.8 Å². The lowest BCUT2D eigenvalue weighted by Crippen LogP contribution is -2.42. The van der Waals surface area contributed by atoms with E-state index in [1.807, 2.05) is 0 Å². The number of ether oxygens (including phenoxy) is 1. The molecule has 0 bridgehead atoms. The van der Waals surface area contributed by atoms with Crippen LogP contribution in [0.3, 0.4) is 0 Å². The van der Waals surface area contributed by atoms with Gasteiger partial charge in [-0.2, -0.15) is 0 Å². The largest absolute Gasteiger partial charge is 0.481 e. The Morgan fingerprint density at radius 1 is 1.31 bits per heavy atom. The predicted octanol–water partition coefficient (Wildman–Crippen LogP) is 0.943. The van der Waals surface area contributed by atoms with Crippen molar-refractivity contribution in [3.8, 4) is 0 Å². The average Bonchev–Trinajstić information content (AvgIpc) is 1.98. The van der Waals surface area contributed by atoms with E-state index < -0.39 is 35.9 Å². The van der Waals surface area contributed by atoms with Gasteiger partial charge in [0.25, 0.3) is 0 Å². The van der Waals surface area contributed by atoms with E-state index in [0.717, 1.165) is 0 Å². The first-order valence-corrected chi connectivity index (χ1v) is 4.86. The van der Waals surface area contributed by atoms with Gasteiger partial charge < -0.3 is 15.2 Å². The number of carboxylic acids is 1. The van der Waals surface area contributed by atoms with Crippen molar-refractivity contribution < 1.29 is 24.2 Å². The Morgan fingerprint density at radius 3 is 2.19 bits per heavy atom. The lowest BCUT2D eigenvalue weighted by molar-refractivity contribution is -0.140. The summed E-state index contributed by atoms with van der Waals surface area (Å²) in [5.74, 6) is -1.79. The molecule has 0 aromatic carbocycles. The number of aliphatic carboxylic acids is 1. The SMILES string of the molecule is C[C@H](NC(=O)OC(C)(C)C)C(=O)CC(=O)O. The van der Waals surface area contributed by atoms with Gasteiger partial charge in [0.05, 0.1) is 6.04 Å². The van der Waals surface area contributed by atoms with Gasteiger partial charge in [-0.15, -0.1) is 0 Å². The summed E-state index contributed by atoms with van der Waals surface area (Å²) in [4.78, 5) is 32.7. The third-order valence-corrected chi connectivity index (χ3v) is 1.54. The zero-order valence-electron chi connectivity index (χ0n) is 9.86. The second-order valence-corrected chi connectivity index (χ2v) is 4.40. The van der Waals surface area contributed by atoms with E-state index in [-0.39, 0.29) is 0 Å². The number of carbonyl (C=O) groups is 3. The van der Waals surface area contributed by atoms with Crippen LogP contribution in [0.25, 0.3) is 0 Å². The second-order valence-electron chi connectivity index (χ2n) is 4.40. The lowest BCUT2D eigenvalue weighted by Gasteiger charge is -2.21. The van der Waals surface area contributed by atoms with Crippen LogP contribution in [-0.4, -0.2) is 34.6 Å². The maximum Gasteiger partial charge on any atom is 0.408 e. The van der Waals surface area contributed by atoms with Gasteiger partial charge in [-0.05, 0) is 27.7 Å². The first-order chi connectivity index (χ1) is 7.11. The molecule has 0 aliphatic carbocycles. The van der Waals surface area contributed by atoms with Gasteiger partial charge in [0.1, 0.15) is 12.0 Å². The Balaban J connectivity index is 4.14. The van der Waals surface area contributed by atoms with Crippen molar-refractivity contribution in [1.29, 1.82) is 0 Å². The van der Waals surface area contributed by atoms with Gasteiger partial charge >= 0.3 is 12.1 Å². The molecule has 0 saturated heterocycles. The maximum absolute atomic E-state index is 11.2. The van der Waals surface area contributed by atoms with Gasteiger partial charge in [-0.1, -0.05) is 0 Å². The fourth-order valence-corrected chi connectivity index (χ4v) is 0.867. The monoisotopic (exact) mass is 231 g/mol. The Kier molecular flexibility index (Phi) is 4.94. The topological polar surface area (TPSA) is 92.7 Å². The lowest BCUT2D eigenvalue weighted by atomic mass is 10.1. The predicted molar refractivity (Wildman–Crippen MR) is 56.1 cm³/mol. The van der Waals surface area contributed by atoms with Crippen molar-refractivity contribution in [3.05, 3.63) is 0 Å². The number of amides is 1. The summed E-state index contributed by atoms with van der Waals surface area (Å²) < 4.78 is 4.91. The molecule has 0 heterocycles. The Hall–Kier alpha value is -1.59. The molecule has 0 unspecified atom stereocenters. The van der Waals surface area contributed by atoms with E-state index >= 15 is 0 Å². The molecule has 0 radical (unpaired) electrons. The van der Waals surface area contributed by atoms with E-state index in [0.29, 0.717) is 0 Å². The van der Waals surface area contributed by atoms with Crippen molar-refractivity contribution >= 4 is 17.8 Å². The molecule has 2 N–H and O–H groups in total. The zero-order chi connectivity index (χ0) is 12.9. The van der Waals surface area contributed by atoms with E-state index in [1.165, 1.54) is 6.92 Å². The number of rotatable bonds is 4. The molecule has 1 atom stereocenters. The van der Waals surface area contributed by atoms with Gasteiger partial charge in [0, 0.05) is 0 Å². The highest BCUT2D eigenvalue weighted by atomic mass is 16.6. The fraction of sp³-hybridized carbons (Fsp3) is 0.700. The first-order valence-electron chi connectivity index (χ1n) is 4.86. The van der Waals surface area contributed by atoms with Gasteiger partial charge in [-0.3, -0.25) is 9.59 Å². The quantitative estimate of drug-likeness (QED) is 0.702. The first kappa shape index (κ1) is 14.4. The summed E-state index contributed by atoms with van der Waals surface area (Å²) >= 11 is 0. The molecule has 0 fully saturated rings. The van der Waals surface area contributed by atoms with Crippen molar-refractivity contribution in [2.24, 2.45) is 0 Å². The number of carbonyl (C=O) groups excluding carboxylic acids is 2. The number of Topliss-reactive ketones (excluding diaryl/α,β-unsaturated/α-hetero) is 1. The van der Waals surface area contributed by atoms with Crippen LogP contribution in [-0.2, 0) is 14.3 Å². The minimum absolute atomic E-state index is 0.571. The molecule has 16 heavy (non-hydrogen) atoms. The molecule has 6 heteroatoms. The summed E-state index contributed by atoms with van der Waals surface area (Å²) in [6.45, 7) is 6.48. The third-order valence-electron chi connectivity index (χ3n) is 1.54. The Bertz CT molecular complexity index is 292. The molecular weight excluding hydrogens is 214 g/mol. The van der Waals surface area contributed by atoms with Gasteiger partial charge in [0.15, 0.2) is 5.78 Å². The van der Waals surface area contributed by atoms with Crippen LogP contribution in [0.5, 0.6) is 0 Å². The summed E-state index contributed by atoms with van der Waals surface area (Å²) in [5, 5.41) is 10.7. The highest BCUT2D eigenvalue weighted by Crippen LogP contribution is 2.06. The molecule has 0 spiro atoms. The molecule has 0 aromatic heterocycles. The number of nitrogens with one attached hydrogen (secondary N) is 1. The molecule has 0 saturated carbocycles. The van der Waals surface area contributed by atoms with Gasteiger partial charge in [-0.25, -0.2) is 4.79 Å². The van der Waals surface area contributed by atoms with Crippen LogP contribution in [0.15, 0.2) is 0 Å². The Morgan fingerprint density at radius 2 is 1.81 bits per heavy atom. The second kappa shape index (κ2) is 5.48. The standard InChI is InChI=1S/C10H17NO5/c1-6(7(12)5-8(13)14)11-9(15)16-10(2,3)4/h6H,5H2,1-4H3,(H,11,15)(H,13,14)/t6-/m0/s1. The van der Waals surface area contributed by atoms with Crippen molar-refractivity contribution in [3.63, 3.8) is 0 Å². The highest BCUT2D eigenvalue weighted by molar-refractivity contribution is 5.98. The van der Waals surface area contributed by atoms with E-state index in [2.05, 4.69) is 5.32 Å². The van der Waals surface area contributed by atoms with E-state index in [1.54, 1.807) is 20.8 Å². The summed E-state index contributed by atoms with van der Waals surface area (Å²) in [7, 11) is 0. The highest BCUT2D eigenvalue weighted by Gasteiger charge is 2.21. The molecule has 1 amide bonds. The summed E-state index contributed by atoms with van der Waals surface area (Å²) in [6.07, 6.45) is -1.35. The zero-order valence-corrected chi connectivity index (χ0v) is 9.86.